The molecule has 1 fully saturated rings. The Bertz CT molecular complexity index is 3410. The lowest BCUT2D eigenvalue weighted by Gasteiger charge is -2.35. The maximum Gasteiger partial charge on any atom is 0.328 e. The number of hydrogen-bond donors (Lipinski definition) is 4. The van der Waals surface area contributed by atoms with Crippen molar-refractivity contribution in [2.45, 2.75) is 90.2 Å². The van der Waals surface area contributed by atoms with E-state index < -0.39 is 39.3 Å². The molecule has 0 radical (unpaired) electrons. The molecule has 0 saturated carbocycles. The second kappa shape index (κ2) is 30.6. The van der Waals surface area contributed by atoms with E-state index in [-0.39, 0.29) is 85.6 Å². The zero-order valence-corrected chi connectivity index (χ0v) is 51.8. The highest BCUT2D eigenvalue weighted by molar-refractivity contribution is 7.92. The van der Waals surface area contributed by atoms with Crippen LogP contribution in [0, 0.1) is 12.3 Å². The molecule has 2 atom stereocenters. The van der Waals surface area contributed by atoms with Gasteiger partial charge in [-0.05, 0) is 100 Å². The molecule has 3 heterocycles. The van der Waals surface area contributed by atoms with Crippen molar-refractivity contribution in [1.82, 2.24) is 39.9 Å². The number of nitrogens with one attached hydrogen (secondary N) is 4. The Morgan fingerprint density at radius 3 is 2.15 bits per heavy atom. The second-order valence-electron chi connectivity index (χ2n) is 22.1. The van der Waals surface area contributed by atoms with Crippen LogP contribution in [0.3, 0.4) is 0 Å². The van der Waals surface area contributed by atoms with Gasteiger partial charge in [0.05, 0.1) is 83.9 Å². The smallest absolute Gasteiger partial charge is 0.328 e. The number of nitrogens with zero attached hydrogens (tertiary/aromatic N) is 5. The molecule has 0 aliphatic carbocycles. The first-order valence-electron chi connectivity index (χ1n) is 28.6. The first-order valence-corrected chi connectivity index (χ1v) is 30.9. The number of imidazole rings is 1. The van der Waals surface area contributed by atoms with Crippen molar-refractivity contribution >= 4 is 61.7 Å². The highest BCUT2D eigenvalue weighted by Crippen LogP contribution is 2.38. The van der Waals surface area contributed by atoms with Crippen molar-refractivity contribution in [3.05, 3.63) is 112 Å². The van der Waals surface area contributed by atoms with Gasteiger partial charge in [-0.25, -0.2) is 18.2 Å². The van der Waals surface area contributed by atoms with Crippen molar-refractivity contribution < 1.29 is 56.0 Å². The summed E-state index contributed by atoms with van der Waals surface area (Å²) in [6.07, 6.45) is 3.72. The fourth-order valence-corrected chi connectivity index (χ4v) is 11.4. The molecule has 1 aliphatic heterocycles. The third-order valence-electron chi connectivity index (χ3n) is 14.0. The van der Waals surface area contributed by atoms with Gasteiger partial charge in [-0.1, -0.05) is 58.0 Å². The van der Waals surface area contributed by atoms with Crippen LogP contribution in [0.15, 0.2) is 94.1 Å². The Morgan fingerprint density at radius 1 is 0.812 bits per heavy atom. The lowest BCUT2D eigenvalue weighted by Crippen LogP contribution is -2.58. The first kappa shape index (κ1) is 65.2. The third-order valence-corrected chi connectivity index (χ3v) is 16.4. The normalized spacial score (nSPS) is 13.9. The van der Waals surface area contributed by atoms with E-state index in [1.54, 1.807) is 54.6 Å². The summed E-state index contributed by atoms with van der Waals surface area (Å²) in [5.41, 5.74) is 4.88. The topological polar surface area (TPSA) is 252 Å². The second-order valence-corrected chi connectivity index (χ2v) is 24.6. The number of anilines is 1. The molecule has 0 bridgehead atoms. The number of benzene rings is 4. The lowest BCUT2D eigenvalue weighted by molar-refractivity contribution is -0.144. The molecule has 4 aromatic carbocycles. The summed E-state index contributed by atoms with van der Waals surface area (Å²) in [5, 5.41) is 8.58. The van der Waals surface area contributed by atoms with Gasteiger partial charge in [0.15, 0.2) is 5.75 Å². The zero-order chi connectivity index (χ0) is 61.3. The van der Waals surface area contributed by atoms with Crippen LogP contribution in [-0.2, 0) is 59.3 Å². The highest BCUT2D eigenvalue weighted by atomic mass is 32.2. The van der Waals surface area contributed by atoms with Gasteiger partial charge in [-0.3, -0.25) is 33.0 Å². The molecule has 0 spiro atoms. The van der Waals surface area contributed by atoms with Gasteiger partial charge in [0, 0.05) is 63.6 Å². The van der Waals surface area contributed by atoms with Gasteiger partial charge >= 0.3 is 5.69 Å². The summed E-state index contributed by atoms with van der Waals surface area (Å²) in [4.78, 5) is 75.7. The Balaban J connectivity index is 0.831. The van der Waals surface area contributed by atoms with E-state index in [0.717, 1.165) is 47.5 Å². The van der Waals surface area contributed by atoms with Crippen LogP contribution in [0.4, 0.5) is 5.69 Å². The summed E-state index contributed by atoms with van der Waals surface area (Å²) in [6.45, 7) is 12.7. The van der Waals surface area contributed by atoms with Gasteiger partial charge in [-0.15, -0.1) is 11.3 Å². The van der Waals surface area contributed by atoms with Gasteiger partial charge in [0.2, 0.25) is 17.7 Å². The number of likely N-dealkylation sites (tertiary alicyclic amines) is 1. The van der Waals surface area contributed by atoms with E-state index in [2.05, 4.69) is 30.6 Å². The minimum Gasteiger partial charge on any atom is -0.493 e. The summed E-state index contributed by atoms with van der Waals surface area (Å²) in [5.74, 6) is -0.139. The molecule has 1 unspecified atom stereocenters. The van der Waals surface area contributed by atoms with Crippen LogP contribution in [0.2, 0.25) is 0 Å². The summed E-state index contributed by atoms with van der Waals surface area (Å²) < 4.78 is 69.0. The summed E-state index contributed by atoms with van der Waals surface area (Å²) in [7, 11) is 2.88. The number of sulfonamides is 1. The number of thiazole rings is 1. The summed E-state index contributed by atoms with van der Waals surface area (Å²) in [6, 6.07) is 20.3. The summed E-state index contributed by atoms with van der Waals surface area (Å²) >= 11 is 1.58. The van der Waals surface area contributed by atoms with Crippen LogP contribution in [0.5, 0.6) is 23.0 Å². The number of rotatable bonds is 32. The van der Waals surface area contributed by atoms with E-state index in [9.17, 15) is 32.4 Å². The predicted molar refractivity (Wildman–Crippen MR) is 326 cm³/mol. The van der Waals surface area contributed by atoms with Crippen LogP contribution in [-0.4, -0.2) is 155 Å². The fourth-order valence-electron chi connectivity index (χ4n) is 9.46. The number of aryl methyl sites for hydroxylation is 3. The fraction of sp³-hybridized carbons (Fsp3) is 0.475. The molecule has 1 saturated heterocycles. The largest absolute Gasteiger partial charge is 0.493 e. The average molecular weight is 1210 g/mol. The molecular weight excluding hydrogens is 1130 g/mol. The number of unbranched alkanes of at least 4 members (excludes halogenated alkanes) is 1. The van der Waals surface area contributed by atoms with E-state index in [4.69, 9.17) is 28.4 Å². The van der Waals surface area contributed by atoms with Crippen molar-refractivity contribution in [2.75, 3.05) is 91.3 Å². The van der Waals surface area contributed by atoms with E-state index >= 15 is 0 Å². The van der Waals surface area contributed by atoms with Crippen molar-refractivity contribution in [3.63, 3.8) is 0 Å². The standard InChI is InChI=1S/C61H81N9O13S2/c1-10-25-81-45-33-46(82-26-12-11-23-67(6)7)35-47(34-45)83-53-37-52-51(68(8)60(75)69(52)9)36-49(53)66-85(76,77)48-16-13-15-44(32-48)57(72)62-22-27-78-28-29-79-30-31-80-39-54(71)65-56(61(3,4)5)59(74)70-24-14-17-50(70)58(73)63-38-42-18-20-43(21-19-42)55-41(2)64-40-84-55/h13,15-16,18-21,32-37,40,50,56,66H,10-12,14,17,22-31,38-39H2,1-9H3,(H,62,72)(H,63,73)(H,65,71)/t50-,56?/m0/s1. The molecule has 460 valence electrons. The number of ether oxygens (including phenoxy) is 6. The number of amides is 4. The van der Waals surface area contributed by atoms with Crippen LogP contribution < -0.4 is 40.6 Å². The molecule has 7 rings (SSSR count). The number of carbonyl (C=O) groups excluding carboxylic acids is 4. The number of carbonyl (C=O) groups is 4. The minimum atomic E-state index is -4.35. The number of hydrogen-bond acceptors (Lipinski definition) is 16. The quantitative estimate of drug-likeness (QED) is 0.0310. The van der Waals surface area contributed by atoms with Crippen molar-refractivity contribution in [2.24, 2.45) is 19.5 Å². The molecule has 2 aromatic heterocycles. The van der Waals surface area contributed by atoms with Gasteiger partial charge in [0.25, 0.3) is 15.9 Å². The number of aromatic nitrogens is 3. The lowest BCUT2D eigenvalue weighted by atomic mass is 9.85. The first-order chi connectivity index (χ1) is 40.6. The van der Waals surface area contributed by atoms with Crippen LogP contribution in [0.25, 0.3) is 21.5 Å². The molecule has 24 heteroatoms. The Morgan fingerprint density at radius 2 is 1.48 bits per heavy atom. The van der Waals surface area contributed by atoms with Gasteiger partial charge < -0.3 is 54.2 Å². The van der Waals surface area contributed by atoms with E-state index in [1.807, 2.05) is 78.5 Å². The Hall–Kier alpha value is -7.35. The van der Waals surface area contributed by atoms with Crippen LogP contribution >= 0.6 is 11.3 Å². The Labute approximate surface area is 501 Å². The highest BCUT2D eigenvalue weighted by Gasteiger charge is 2.42. The van der Waals surface area contributed by atoms with E-state index in [0.29, 0.717) is 67.4 Å². The van der Waals surface area contributed by atoms with Gasteiger partial charge in [0.1, 0.15) is 35.9 Å². The van der Waals surface area contributed by atoms with Crippen molar-refractivity contribution in [3.8, 4) is 33.4 Å². The zero-order valence-electron chi connectivity index (χ0n) is 50.1. The van der Waals surface area contributed by atoms with Crippen LogP contribution in [0.1, 0.15) is 81.4 Å². The van der Waals surface area contributed by atoms with Crippen molar-refractivity contribution in [1.29, 1.82) is 0 Å². The molecule has 4 N–H and O–H groups in total. The third kappa shape index (κ3) is 18.3. The molecule has 85 heavy (non-hydrogen) atoms. The maximum absolute atomic E-state index is 14.1. The number of fused-ring (bicyclic) bond motifs is 1. The maximum atomic E-state index is 14.1. The minimum absolute atomic E-state index is 0.0410. The molecule has 6 aromatic rings. The molecular formula is C61H81N9O13S2. The SMILES string of the molecule is CCCOc1cc(OCCCCN(C)C)cc(Oc2cc3c(cc2NS(=O)(=O)c2cccc(C(=O)NCCOCCOCCOCC(=O)NC(C(=O)N4CCC[C@H]4C(=O)NCc4ccc(-c5scnc5C)cc4)C(C)(C)C)c2)n(C)c(=O)n3C)c1. The predicted octanol–water partition coefficient (Wildman–Crippen LogP) is 7.03. The molecule has 22 nitrogen and oxygen atoms in total. The van der Waals surface area contributed by atoms with Gasteiger partial charge in [-0.2, -0.15) is 0 Å². The Kier molecular flexibility index (Phi) is 23.5. The monoisotopic (exact) mass is 1210 g/mol. The average Bonchev–Trinajstić information content (AvgIpc) is 2.37. The molecule has 4 amide bonds. The molecule has 1 aliphatic rings. The van der Waals surface area contributed by atoms with E-state index in [1.165, 1.54) is 39.5 Å².